The van der Waals surface area contributed by atoms with Crippen LogP contribution in [0.25, 0.3) is 0 Å². The Bertz CT molecular complexity index is 652. The van der Waals surface area contributed by atoms with E-state index in [2.05, 4.69) is 55.3 Å². The molecule has 4 nitrogen and oxygen atoms in total. The quantitative estimate of drug-likeness (QED) is 0.641. The van der Waals surface area contributed by atoms with E-state index in [1.807, 2.05) is 6.07 Å². The van der Waals surface area contributed by atoms with Gasteiger partial charge in [0.05, 0.1) is 0 Å². The van der Waals surface area contributed by atoms with Gasteiger partial charge in [-0.25, -0.2) is 0 Å². The van der Waals surface area contributed by atoms with Gasteiger partial charge in [0.25, 0.3) is 0 Å². The molecule has 1 aromatic carbocycles. The van der Waals surface area contributed by atoms with Crippen LogP contribution in [0, 0.1) is 5.92 Å². The number of nitrogens with zero attached hydrogens (tertiary/aromatic N) is 1. The second-order valence-corrected chi connectivity index (χ2v) is 8.29. The van der Waals surface area contributed by atoms with Gasteiger partial charge in [0, 0.05) is 18.6 Å². The Labute approximate surface area is 156 Å². The van der Waals surface area contributed by atoms with Gasteiger partial charge < -0.3 is 19.7 Å². The highest BCUT2D eigenvalue weighted by molar-refractivity contribution is 7.80. The minimum atomic E-state index is -0.0450. The third-order valence-corrected chi connectivity index (χ3v) is 4.80. The molecule has 1 N–H and O–H groups in total. The van der Waals surface area contributed by atoms with E-state index < -0.39 is 0 Å². The number of allylic oxidation sites excluding steroid dienone is 2. The van der Waals surface area contributed by atoms with Crippen molar-refractivity contribution in [2.45, 2.75) is 52.1 Å². The normalized spacial score (nSPS) is 18.9. The molecule has 0 amide bonds. The minimum Gasteiger partial charge on any atom is -0.454 e. The molecule has 1 heterocycles. The molecular weight excluding hydrogens is 332 g/mol. The number of benzene rings is 1. The van der Waals surface area contributed by atoms with Gasteiger partial charge >= 0.3 is 0 Å². The molecule has 5 heteroatoms. The Morgan fingerprint density at radius 1 is 1.24 bits per heavy atom. The Balaban J connectivity index is 1.72. The fraction of sp³-hybridized carbons (Fsp3) is 0.550. The van der Waals surface area contributed by atoms with Crippen LogP contribution in [-0.4, -0.2) is 28.9 Å². The Morgan fingerprint density at radius 3 is 2.76 bits per heavy atom. The Kier molecular flexibility index (Phi) is 5.52. The number of ether oxygens (including phenoxy) is 2. The van der Waals surface area contributed by atoms with Crippen LogP contribution < -0.4 is 14.8 Å². The smallest absolute Gasteiger partial charge is 0.231 e. The summed E-state index contributed by atoms with van der Waals surface area (Å²) in [5.41, 5.74) is 1.14. The number of hydrogen-bond donors (Lipinski definition) is 1. The molecule has 1 aliphatic carbocycles. The van der Waals surface area contributed by atoms with Crippen molar-refractivity contribution in [1.82, 2.24) is 10.2 Å². The molecule has 25 heavy (non-hydrogen) atoms. The molecule has 1 unspecified atom stereocenters. The zero-order chi connectivity index (χ0) is 17.9. The highest BCUT2D eigenvalue weighted by Gasteiger charge is 2.22. The highest BCUT2D eigenvalue weighted by atomic mass is 32.1. The molecule has 0 radical (unpaired) electrons. The van der Waals surface area contributed by atoms with Crippen molar-refractivity contribution in [2.75, 3.05) is 13.3 Å². The summed E-state index contributed by atoms with van der Waals surface area (Å²) in [5.74, 6) is 2.30. The average molecular weight is 361 g/mol. The Hall–Kier alpha value is -1.75. The van der Waals surface area contributed by atoms with Gasteiger partial charge in [-0.2, -0.15) is 0 Å². The van der Waals surface area contributed by atoms with Crippen molar-refractivity contribution in [1.29, 1.82) is 0 Å². The van der Waals surface area contributed by atoms with Gasteiger partial charge in [-0.3, -0.25) is 0 Å². The fourth-order valence-corrected chi connectivity index (χ4v) is 3.66. The average Bonchev–Trinajstić information content (AvgIpc) is 3.01. The van der Waals surface area contributed by atoms with Crippen LogP contribution >= 0.6 is 12.2 Å². The predicted molar refractivity (Wildman–Crippen MR) is 105 cm³/mol. The highest BCUT2D eigenvalue weighted by Crippen LogP contribution is 2.33. The summed E-state index contributed by atoms with van der Waals surface area (Å²) in [6.45, 7) is 8.48. The van der Waals surface area contributed by atoms with E-state index in [0.717, 1.165) is 36.1 Å². The van der Waals surface area contributed by atoms with Gasteiger partial charge in [0.2, 0.25) is 6.79 Å². The van der Waals surface area contributed by atoms with Gasteiger partial charge in [-0.15, -0.1) is 0 Å². The van der Waals surface area contributed by atoms with Crippen molar-refractivity contribution in [3.05, 3.63) is 35.9 Å². The van der Waals surface area contributed by atoms with Crippen LogP contribution in [0.5, 0.6) is 11.5 Å². The van der Waals surface area contributed by atoms with E-state index in [0.29, 0.717) is 12.7 Å². The van der Waals surface area contributed by atoms with E-state index in [9.17, 15) is 0 Å². The van der Waals surface area contributed by atoms with E-state index in [1.165, 1.54) is 18.4 Å². The molecule has 2 aliphatic rings. The number of hydrogen-bond acceptors (Lipinski definition) is 3. The number of nitrogens with one attached hydrogen (secondary N) is 1. The summed E-state index contributed by atoms with van der Waals surface area (Å²) in [5, 5.41) is 4.28. The monoisotopic (exact) mass is 360 g/mol. The van der Waals surface area contributed by atoms with Crippen LogP contribution in [0.1, 0.15) is 45.6 Å². The lowest BCUT2D eigenvalue weighted by Gasteiger charge is -2.34. The zero-order valence-corrected chi connectivity index (χ0v) is 16.2. The first-order valence-electron chi connectivity index (χ1n) is 9.01. The van der Waals surface area contributed by atoms with Crippen molar-refractivity contribution in [2.24, 2.45) is 5.92 Å². The second-order valence-electron chi connectivity index (χ2n) is 7.90. The van der Waals surface area contributed by atoms with E-state index in [-0.39, 0.29) is 5.54 Å². The lowest BCUT2D eigenvalue weighted by Crippen LogP contribution is -2.49. The molecule has 0 bridgehead atoms. The minimum absolute atomic E-state index is 0.0450. The molecule has 0 spiro atoms. The predicted octanol–water partition coefficient (Wildman–Crippen LogP) is 4.25. The van der Waals surface area contributed by atoms with Crippen LogP contribution in [0.3, 0.4) is 0 Å². The maximum absolute atomic E-state index is 5.73. The second kappa shape index (κ2) is 7.65. The van der Waals surface area contributed by atoms with Crippen molar-refractivity contribution in [3.8, 4) is 11.5 Å². The van der Waals surface area contributed by atoms with E-state index in [1.54, 1.807) is 0 Å². The summed E-state index contributed by atoms with van der Waals surface area (Å²) in [6.07, 6.45) is 8.11. The maximum Gasteiger partial charge on any atom is 0.231 e. The molecule has 0 aromatic heterocycles. The number of rotatable bonds is 4. The first-order valence-corrected chi connectivity index (χ1v) is 9.42. The largest absolute Gasteiger partial charge is 0.454 e. The lowest BCUT2D eigenvalue weighted by molar-refractivity contribution is 0.174. The number of thiocarbonyl (C=S) groups is 1. The lowest BCUT2D eigenvalue weighted by atomic mass is 9.94. The van der Waals surface area contributed by atoms with Crippen molar-refractivity contribution >= 4 is 17.3 Å². The van der Waals surface area contributed by atoms with E-state index in [4.69, 9.17) is 21.7 Å². The molecule has 1 aromatic rings. The van der Waals surface area contributed by atoms with Gasteiger partial charge in [-0.05, 0) is 75.9 Å². The van der Waals surface area contributed by atoms with Crippen molar-refractivity contribution < 1.29 is 9.47 Å². The topological polar surface area (TPSA) is 33.7 Å². The maximum atomic E-state index is 5.73. The van der Waals surface area contributed by atoms with Crippen molar-refractivity contribution in [3.63, 3.8) is 0 Å². The molecular formula is C20H28N2O2S. The van der Waals surface area contributed by atoms with Gasteiger partial charge in [-0.1, -0.05) is 18.2 Å². The van der Waals surface area contributed by atoms with Gasteiger partial charge in [0.15, 0.2) is 16.6 Å². The number of fused-ring (bicyclic) bond motifs is 1. The molecule has 0 fully saturated rings. The molecule has 0 saturated carbocycles. The van der Waals surface area contributed by atoms with Crippen LogP contribution in [0.4, 0.5) is 0 Å². The first kappa shape index (κ1) is 18.1. The Morgan fingerprint density at radius 2 is 2.04 bits per heavy atom. The van der Waals surface area contributed by atoms with Crippen LogP contribution in [0.2, 0.25) is 0 Å². The summed E-state index contributed by atoms with van der Waals surface area (Å²) in [6, 6.07) is 6.15. The first-order chi connectivity index (χ1) is 11.9. The van der Waals surface area contributed by atoms with Gasteiger partial charge in [0.1, 0.15) is 0 Å². The van der Waals surface area contributed by atoms with Crippen LogP contribution in [0.15, 0.2) is 30.4 Å². The molecule has 0 saturated heterocycles. The molecule has 3 rings (SSSR count). The molecule has 1 atom stereocenters. The fourth-order valence-electron chi connectivity index (χ4n) is 3.21. The summed E-state index contributed by atoms with van der Waals surface area (Å²) < 4.78 is 10.9. The SMILES string of the molecule is CC(C)(C)NC(=S)N(Cc1ccc2c(c1)OCO2)CC1CC=CCC1. The third kappa shape index (κ3) is 5.11. The van der Waals surface area contributed by atoms with E-state index >= 15 is 0 Å². The summed E-state index contributed by atoms with van der Waals surface area (Å²) in [4.78, 5) is 2.29. The standard InChI is InChI=1S/C20H28N2O2S/c1-20(2,3)21-19(25)22(12-15-7-5-4-6-8-15)13-16-9-10-17-18(11-16)24-14-23-17/h4-5,9-11,15H,6-8,12-14H2,1-3H3,(H,21,25). The van der Waals surface area contributed by atoms with Crippen LogP contribution in [-0.2, 0) is 6.54 Å². The summed E-state index contributed by atoms with van der Waals surface area (Å²) in [7, 11) is 0. The molecule has 1 aliphatic heterocycles. The molecule has 136 valence electrons. The third-order valence-electron chi connectivity index (χ3n) is 4.44. The summed E-state index contributed by atoms with van der Waals surface area (Å²) >= 11 is 5.73. The zero-order valence-electron chi connectivity index (χ0n) is 15.4.